The number of anilines is 2. The second-order valence-electron chi connectivity index (χ2n) is 14.2. The minimum atomic E-state index is -1.09. The summed E-state index contributed by atoms with van der Waals surface area (Å²) >= 11 is 0. The summed E-state index contributed by atoms with van der Waals surface area (Å²) in [6.45, 7) is 0. The highest BCUT2D eigenvalue weighted by molar-refractivity contribution is 6.02. The zero-order valence-corrected chi connectivity index (χ0v) is 33.8. The molecule has 2 amide bonds. The number of carboxylic acids is 1. The van der Waals surface area contributed by atoms with E-state index in [9.17, 15) is 34.5 Å². The summed E-state index contributed by atoms with van der Waals surface area (Å²) in [6.07, 6.45) is 0.253. The molecule has 0 spiro atoms. The maximum absolute atomic E-state index is 12.5. The highest BCUT2D eigenvalue weighted by Crippen LogP contribution is 2.30. The van der Waals surface area contributed by atoms with Crippen molar-refractivity contribution in [1.82, 2.24) is 0 Å². The summed E-state index contributed by atoms with van der Waals surface area (Å²) in [7, 11) is 1.30. The Balaban J connectivity index is 0.000000189. The quantitative estimate of drug-likeness (QED) is 0.0743. The maximum atomic E-state index is 12.5. The third-order valence-corrected chi connectivity index (χ3v) is 9.68. The molecule has 63 heavy (non-hydrogen) atoms. The van der Waals surface area contributed by atoms with Crippen molar-refractivity contribution in [2.75, 3.05) is 17.7 Å². The van der Waals surface area contributed by atoms with Gasteiger partial charge >= 0.3 is 11.9 Å². The Morgan fingerprint density at radius 2 is 0.841 bits per heavy atom. The number of phenols is 2. The lowest BCUT2D eigenvalue weighted by Crippen LogP contribution is -2.17. The first kappa shape index (κ1) is 42.5. The van der Waals surface area contributed by atoms with Gasteiger partial charge in [-0.2, -0.15) is 0 Å². The Labute approximate surface area is 361 Å². The van der Waals surface area contributed by atoms with E-state index in [1.807, 2.05) is 60.7 Å². The van der Waals surface area contributed by atoms with E-state index in [-0.39, 0.29) is 47.4 Å². The molecule has 0 saturated heterocycles. The first-order chi connectivity index (χ1) is 30.5. The van der Waals surface area contributed by atoms with Gasteiger partial charge in [-0.15, -0.1) is 0 Å². The fourth-order valence-electron chi connectivity index (χ4n) is 6.59. The number of amides is 2. The number of phenolic OH excluding ortho intramolecular Hbond substituents is 2. The molecule has 8 aromatic rings. The van der Waals surface area contributed by atoms with E-state index in [0.717, 1.165) is 32.7 Å². The molecule has 8 aromatic carbocycles. The minimum Gasteiger partial charge on any atom is -0.508 e. The Morgan fingerprint density at radius 3 is 1.29 bits per heavy atom. The molecule has 0 radical (unpaired) electrons. The molecule has 12 heteroatoms. The molecular weight excluding hydrogens is 801 g/mol. The van der Waals surface area contributed by atoms with Crippen LogP contribution in [0.15, 0.2) is 170 Å². The van der Waals surface area contributed by atoms with Gasteiger partial charge in [0.2, 0.25) is 11.8 Å². The SMILES string of the molecule is COC(=O)c1ccccc1NC(=O)Cc1ccc(Oc2ccc3cc(O)ccc3c2)cc1.O=C(Cc1ccc(Oc2ccc3cc(O)ccc3c2)cc1)Nc1ccccc1C(=O)O. The van der Waals surface area contributed by atoms with Crippen LogP contribution in [0.1, 0.15) is 31.8 Å². The Kier molecular flexibility index (Phi) is 13.2. The summed E-state index contributed by atoms with van der Waals surface area (Å²) in [5.74, 6) is 0.888. The van der Waals surface area contributed by atoms with E-state index in [1.54, 1.807) is 103 Å². The first-order valence-electron chi connectivity index (χ1n) is 19.6. The van der Waals surface area contributed by atoms with Crippen LogP contribution in [0.2, 0.25) is 0 Å². The number of carbonyl (C=O) groups excluding carboxylic acids is 3. The van der Waals surface area contributed by atoms with Crippen LogP contribution in [0.3, 0.4) is 0 Å². The van der Waals surface area contributed by atoms with Gasteiger partial charge in [-0.1, -0.05) is 72.8 Å². The van der Waals surface area contributed by atoms with Gasteiger partial charge in [0.25, 0.3) is 0 Å². The molecule has 5 N–H and O–H groups in total. The molecule has 0 unspecified atom stereocenters. The normalized spacial score (nSPS) is 10.6. The van der Waals surface area contributed by atoms with Crippen molar-refractivity contribution in [3.8, 4) is 34.5 Å². The summed E-state index contributed by atoms with van der Waals surface area (Å²) in [5, 5.41) is 37.5. The second-order valence-corrected chi connectivity index (χ2v) is 14.2. The van der Waals surface area contributed by atoms with E-state index in [4.69, 9.17) is 14.2 Å². The van der Waals surface area contributed by atoms with Crippen LogP contribution < -0.4 is 20.1 Å². The molecular formula is C51H40N2O10. The van der Waals surface area contributed by atoms with E-state index < -0.39 is 11.9 Å². The van der Waals surface area contributed by atoms with Crippen molar-refractivity contribution in [3.05, 3.63) is 192 Å². The number of fused-ring (bicyclic) bond motifs is 2. The van der Waals surface area contributed by atoms with Gasteiger partial charge in [0.05, 0.1) is 42.5 Å². The predicted octanol–water partition coefficient (Wildman–Crippen LogP) is 10.5. The van der Waals surface area contributed by atoms with Crippen LogP contribution >= 0.6 is 0 Å². The largest absolute Gasteiger partial charge is 0.508 e. The third-order valence-electron chi connectivity index (χ3n) is 9.68. The second kappa shape index (κ2) is 19.6. The Morgan fingerprint density at radius 1 is 0.460 bits per heavy atom. The minimum absolute atomic E-state index is 0.0465. The number of carboxylic acid groups (broad SMARTS) is 1. The Hall–Kier alpha value is -8.64. The van der Waals surface area contributed by atoms with Crippen LogP contribution in [-0.4, -0.2) is 46.2 Å². The van der Waals surface area contributed by atoms with Gasteiger partial charge in [-0.25, -0.2) is 9.59 Å². The highest BCUT2D eigenvalue weighted by Gasteiger charge is 2.15. The fraction of sp³-hybridized carbons (Fsp3) is 0.0588. The lowest BCUT2D eigenvalue weighted by Gasteiger charge is -2.10. The molecule has 0 heterocycles. The van der Waals surface area contributed by atoms with Gasteiger partial charge < -0.3 is 40.2 Å². The molecule has 8 rings (SSSR count). The number of carbonyl (C=O) groups is 4. The van der Waals surface area contributed by atoms with E-state index in [1.165, 1.54) is 13.2 Å². The molecule has 0 aliphatic heterocycles. The van der Waals surface area contributed by atoms with E-state index >= 15 is 0 Å². The van der Waals surface area contributed by atoms with Crippen molar-refractivity contribution in [2.24, 2.45) is 0 Å². The molecule has 0 aliphatic carbocycles. The molecule has 0 saturated carbocycles. The van der Waals surface area contributed by atoms with Crippen molar-refractivity contribution < 1.29 is 48.7 Å². The molecule has 0 bridgehead atoms. The highest BCUT2D eigenvalue weighted by atomic mass is 16.5. The maximum Gasteiger partial charge on any atom is 0.339 e. The molecule has 0 atom stereocenters. The van der Waals surface area contributed by atoms with E-state index in [2.05, 4.69) is 10.6 Å². The number of esters is 1. The molecule has 0 fully saturated rings. The molecule has 0 aliphatic rings. The molecule has 0 aromatic heterocycles. The number of aromatic carboxylic acids is 1. The topological polar surface area (TPSA) is 181 Å². The van der Waals surface area contributed by atoms with Crippen molar-refractivity contribution in [3.63, 3.8) is 0 Å². The number of ether oxygens (including phenoxy) is 3. The lowest BCUT2D eigenvalue weighted by atomic mass is 10.1. The molecule has 314 valence electrons. The van der Waals surface area contributed by atoms with Gasteiger partial charge in [0.1, 0.15) is 34.5 Å². The van der Waals surface area contributed by atoms with Crippen LogP contribution in [0.5, 0.6) is 34.5 Å². The van der Waals surface area contributed by atoms with Crippen molar-refractivity contribution in [2.45, 2.75) is 12.8 Å². The number of hydrogen-bond donors (Lipinski definition) is 5. The first-order valence-corrected chi connectivity index (χ1v) is 19.6. The van der Waals surface area contributed by atoms with Gasteiger partial charge in [0.15, 0.2) is 0 Å². The number of aromatic hydroxyl groups is 2. The zero-order chi connectivity index (χ0) is 44.3. The van der Waals surface area contributed by atoms with Crippen LogP contribution in [0.25, 0.3) is 21.5 Å². The Bertz CT molecular complexity index is 2950. The van der Waals surface area contributed by atoms with Crippen molar-refractivity contribution >= 4 is 56.7 Å². The van der Waals surface area contributed by atoms with Gasteiger partial charge in [-0.05, 0) is 130 Å². The van der Waals surface area contributed by atoms with Gasteiger partial charge in [0, 0.05) is 0 Å². The zero-order valence-electron chi connectivity index (χ0n) is 33.8. The number of hydrogen-bond acceptors (Lipinski definition) is 9. The standard InChI is InChI=1S/C26H21NO5.C25H19NO5/c1-31-26(30)23-4-2-3-5-24(23)27-25(29)14-17-6-11-21(12-7-17)32-22-13-9-18-15-20(28)10-8-19(18)16-22;27-19-9-7-18-15-21(12-8-17(18)14-19)31-20-10-5-16(6-11-20)13-24(28)26-23-4-2-1-3-22(23)25(29)30/h2-13,15-16,28H,14H2,1H3,(H,27,29);1-12,14-15,27H,13H2,(H,26,28)(H,29,30). The summed E-state index contributed by atoms with van der Waals surface area (Å²) in [6, 6.07) is 48.8. The van der Waals surface area contributed by atoms with Crippen molar-refractivity contribution in [1.29, 1.82) is 0 Å². The van der Waals surface area contributed by atoms with E-state index in [0.29, 0.717) is 34.2 Å². The monoisotopic (exact) mass is 840 g/mol. The number of para-hydroxylation sites is 2. The third kappa shape index (κ3) is 11.4. The van der Waals surface area contributed by atoms with Crippen LogP contribution in [-0.2, 0) is 27.2 Å². The van der Waals surface area contributed by atoms with Gasteiger partial charge in [-0.3, -0.25) is 9.59 Å². The average molecular weight is 841 g/mol. The lowest BCUT2D eigenvalue weighted by molar-refractivity contribution is -0.116. The number of methoxy groups -OCH3 is 1. The predicted molar refractivity (Wildman–Crippen MR) is 240 cm³/mol. The van der Waals surface area contributed by atoms with Crippen LogP contribution in [0.4, 0.5) is 11.4 Å². The number of benzene rings is 8. The summed E-state index contributed by atoms with van der Waals surface area (Å²) in [5.41, 5.74) is 2.60. The average Bonchev–Trinajstić information content (AvgIpc) is 3.28. The fourth-order valence-corrected chi connectivity index (χ4v) is 6.59. The van der Waals surface area contributed by atoms with Crippen LogP contribution in [0, 0.1) is 0 Å². The number of rotatable bonds is 12. The molecule has 12 nitrogen and oxygen atoms in total. The smallest absolute Gasteiger partial charge is 0.339 e. The summed E-state index contributed by atoms with van der Waals surface area (Å²) in [4.78, 5) is 47.9. The summed E-state index contributed by atoms with van der Waals surface area (Å²) < 4.78 is 16.6. The number of nitrogens with one attached hydrogen (secondary N) is 2.